The fourth-order valence-corrected chi connectivity index (χ4v) is 2.46. The van der Waals surface area contributed by atoms with Gasteiger partial charge < -0.3 is 10.1 Å². The summed E-state index contributed by atoms with van der Waals surface area (Å²) in [5.74, 6) is 2.28. The van der Waals surface area contributed by atoms with Crippen LogP contribution in [0.1, 0.15) is 45.1 Å². The zero-order valence-electron chi connectivity index (χ0n) is 12.3. The van der Waals surface area contributed by atoms with Gasteiger partial charge in [-0.1, -0.05) is 20.8 Å². The minimum absolute atomic E-state index is 0.362. The van der Waals surface area contributed by atoms with Crippen molar-refractivity contribution in [3.8, 4) is 5.88 Å². The average molecular weight is 251 g/mol. The number of hydrogen-bond donors (Lipinski definition) is 1. The van der Waals surface area contributed by atoms with Crippen molar-refractivity contribution in [3.63, 3.8) is 0 Å². The molecule has 0 aliphatic rings. The van der Waals surface area contributed by atoms with Gasteiger partial charge in [0.25, 0.3) is 0 Å². The maximum absolute atomic E-state index is 5.23. The predicted octanol–water partition coefficient (Wildman–Crippen LogP) is 2.53. The highest BCUT2D eigenvalue weighted by Crippen LogP contribution is 2.28. The highest BCUT2D eigenvalue weighted by Gasteiger charge is 2.24. The van der Waals surface area contributed by atoms with E-state index >= 15 is 0 Å². The summed E-state index contributed by atoms with van der Waals surface area (Å²) in [6.45, 7) is 11.6. The van der Waals surface area contributed by atoms with E-state index in [2.05, 4.69) is 43.0 Å². The van der Waals surface area contributed by atoms with Gasteiger partial charge in [0, 0.05) is 18.0 Å². The van der Waals surface area contributed by atoms with Crippen LogP contribution in [0.4, 0.5) is 0 Å². The van der Waals surface area contributed by atoms with E-state index in [9.17, 15) is 0 Å². The van der Waals surface area contributed by atoms with Crippen molar-refractivity contribution >= 4 is 0 Å². The second kappa shape index (κ2) is 6.69. The van der Waals surface area contributed by atoms with E-state index in [1.165, 1.54) is 0 Å². The van der Waals surface area contributed by atoms with Crippen LogP contribution in [0.2, 0.25) is 0 Å². The molecule has 0 aliphatic heterocycles. The quantitative estimate of drug-likeness (QED) is 0.844. The van der Waals surface area contributed by atoms with Gasteiger partial charge in [0.1, 0.15) is 5.82 Å². The van der Waals surface area contributed by atoms with E-state index in [4.69, 9.17) is 4.74 Å². The molecule has 4 heteroatoms. The normalized spacial score (nSPS) is 14.6. The molecule has 2 atom stereocenters. The van der Waals surface area contributed by atoms with Gasteiger partial charge in [-0.2, -0.15) is 4.98 Å². The van der Waals surface area contributed by atoms with Crippen molar-refractivity contribution in [1.29, 1.82) is 0 Å². The second-order valence-corrected chi connectivity index (χ2v) is 5.00. The molecule has 0 radical (unpaired) electrons. The third-order valence-electron chi connectivity index (χ3n) is 3.17. The molecule has 0 amide bonds. The van der Waals surface area contributed by atoms with Crippen LogP contribution < -0.4 is 10.1 Å². The SMILES string of the molecule is CCNC(C)C(c1cc(OC)nc(C)n1)C(C)C. The Bertz CT molecular complexity index is 379. The molecule has 2 unspecified atom stereocenters. The largest absolute Gasteiger partial charge is 0.481 e. The summed E-state index contributed by atoms with van der Waals surface area (Å²) >= 11 is 0. The number of nitrogens with one attached hydrogen (secondary N) is 1. The molecular weight excluding hydrogens is 226 g/mol. The zero-order chi connectivity index (χ0) is 13.7. The van der Waals surface area contributed by atoms with Gasteiger partial charge in [-0.15, -0.1) is 0 Å². The van der Waals surface area contributed by atoms with Gasteiger partial charge in [-0.05, 0) is 26.3 Å². The van der Waals surface area contributed by atoms with Crippen molar-refractivity contribution in [2.75, 3.05) is 13.7 Å². The van der Waals surface area contributed by atoms with Crippen molar-refractivity contribution in [1.82, 2.24) is 15.3 Å². The lowest BCUT2D eigenvalue weighted by atomic mass is 9.86. The Morgan fingerprint density at radius 2 is 1.94 bits per heavy atom. The Balaban J connectivity index is 3.08. The van der Waals surface area contributed by atoms with Crippen molar-refractivity contribution in [3.05, 3.63) is 17.6 Å². The van der Waals surface area contributed by atoms with Crippen LogP contribution in [0.3, 0.4) is 0 Å². The Morgan fingerprint density at radius 1 is 1.28 bits per heavy atom. The van der Waals surface area contributed by atoms with Crippen molar-refractivity contribution in [2.24, 2.45) is 5.92 Å². The molecule has 1 heterocycles. The minimum atomic E-state index is 0.362. The summed E-state index contributed by atoms with van der Waals surface area (Å²) in [6.07, 6.45) is 0. The molecule has 1 aromatic heterocycles. The third kappa shape index (κ3) is 3.67. The fraction of sp³-hybridized carbons (Fsp3) is 0.714. The zero-order valence-corrected chi connectivity index (χ0v) is 12.3. The molecule has 1 rings (SSSR count). The van der Waals surface area contributed by atoms with E-state index in [0.29, 0.717) is 23.8 Å². The Morgan fingerprint density at radius 3 is 2.44 bits per heavy atom. The monoisotopic (exact) mass is 251 g/mol. The van der Waals surface area contributed by atoms with E-state index in [0.717, 1.165) is 18.1 Å². The third-order valence-corrected chi connectivity index (χ3v) is 3.17. The van der Waals surface area contributed by atoms with Crippen molar-refractivity contribution in [2.45, 2.75) is 46.6 Å². The molecule has 0 spiro atoms. The predicted molar refractivity (Wildman–Crippen MR) is 74.0 cm³/mol. The van der Waals surface area contributed by atoms with E-state index in [1.54, 1.807) is 7.11 Å². The number of methoxy groups -OCH3 is 1. The lowest BCUT2D eigenvalue weighted by Gasteiger charge is -2.28. The lowest BCUT2D eigenvalue weighted by Crippen LogP contribution is -2.35. The molecule has 4 nitrogen and oxygen atoms in total. The maximum Gasteiger partial charge on any atom is 0.216 e. The van der Waals surface area contributed by atoms with Crippen LogP contribution in [-0.4, -0.2) is 29.7 Å². The summed E-state index contributed by atoms with van der Waals surface area (Å²) in [5.41, 5.74) is 1.06. The Kier molecular flexibility index (Phi) is 5.54. The number of rotatable bonds is 6. The molecule has 1 N–H and O–H groups in total. The number of aryl methyl sites for hydroxylation is 1. The second-order valence-electron chi connectivity index (χ2n) is 5.00. The van der Waals surface area contributed by atoms with Gasteiger partial charge in [0.05, 0.1) is 12.8 Å². The van der Waals surface area contributed by atoms with Gasteiger partial charge in [0.2, 0.25) is 5.88 Å². The van der Waals surface area contributed by atoms with Crippen LogP contribution in [-0.2, 0) is 0 Å². The van der Waals surface area contributed by atoms with Crippen LogP contribution >= 0.6 is 0 Å². The maximum atomic E-state index is 5.23. The molecule has 102 valence electrons. The highest BCUT2D eigenvalue weighted by atomic mass is 16.5. The van der Waals surface area contributed by atoms with Crippen LogP contribution in [0, 0.1) is 12.8 Å². The lowest BCUT2D eigenvalue weighted by molar-refractivity contribution is 0.365. The first-order valence-corrected chi connectivity index (χ1v) is 6.62. The van der Waals surface area contributed by atoms with Gasteiger partial charge in [0.15, 0.2) is 0 Å². The van der Waals surface area contributed by atoms with Gasteiger partial charge in [-0.3, -0.25) is 0 Å². The number of likely N-dealkylation sites (N-methyl/N-ethyl adjacent to an activating group) is 1. The number of nitrogens with zero attached hydrogens (tertiary/aromatic N) is 2. The average Bonchev–Trinajstić information content (AvgIpc) is 2.28. The van der Waals surface area contributed by atoms with Crippen LogP contribution in [0.25, 0.3) is 0 Å². The van der Waals surface area contributed by atoms with E-state index < -0.39 is 0 Å². The van der Waals surface area contributed by atoms with Gasteiger partial charge in [-0.25, -0.2) is 4.98 Å². The topological polar surface area (TPSA) is 47.0 Å². The summed E-state index contributed by atoms with van der Waals surface area (Å²) in [4.78, 5) is 8.82. The van der Waals surface area contributed by atoms with Crippen LogP contribution in [0.5, 0.6) is 5.88 Å². The molecule has 1 aromatic rings. The first-order chi connectivity index (χ1) is 8.49. The smallest absolute Gasteiger partial charge is 0.216 e. The summed E-state index contributed by atoms with van der Waals surface area (Å²) < 4.78 is 5.23. The van der Waals surface area contributed by atoms with Gasteiger partial charge >= 0.3 is 0 Å². The van der Waals surface area contributed by atoms with Crippen molar-refractivity contribution < 1.29 is 4.74 Å². The summed E-state index contributed by atoms with van der Waals surface area (Å²) in [7, 11) is 1.64. The number of aromatic nitrogens is 2. The first-order valence-electron chi connectivity index (χ1n) is 6.62. The Hall–Kier alpha value is -1.16. The molecule has 0 aliphatic carbocycles. The highest BCUT2D eigenvalue weighted by molar-refractivity contribution is 5.21. The molecular formula is C14H25N3O. The van der Waals surface area contributed by atoms with E-state index in [1.807, 2.05) is 13.0 Å². The number of hydrogen-bond acceptors (Lipinski definition) is 4. The minimum Gasteiger partial charge on any atom is -0.481 e. The molecule has 0 bridgehead atoms. The van der Waals surface area contributed by atoms with Crippen LogP contribution in [0.15, 0.2) is 6.07 Å². The standard InChI is InChI=1S/C14H25N3O/c1-7-15-10(4)14(9(2)3)12-8-13(18-6)17-11(5)16-12/h8-10,14-15H,7H2,1-6H3. The number of ether oxygens (including phenoxy) is 1. The molecule has 0 saturated heterocycles. The molecule has 0 aromatic carbocycles. The Labute approximate surface area is 110 Å². The molecule has 0 saturated carbocycles. The summed E-state index contributed by atoms with van der Waals surface area (Å²) in [6, 6.07) is 2.33. The first kappa shape index (κ1) is 14.9. The summed E-state index contributed by atoms with van der Waals surface area (Å²) in [5, 5.41) is 3.48. The molecule has 18 heavy (non-hydrogen) atoms. The fourth-order valence-electron chi connectivity index (χ4n) is 2.46. The van der Waals surface area contributed by atoms with E-state index in [-0.39, 0.29) is 0 Å². The molecule has 0 fully saturated rings.